The number of rotatable bonds is 11. The molecule has 0 saturated heterocycles. The zero-order valence-corrected chi connectivity index (χ0v) is 16.8. The molecule has 1 aromatic heterocycles. The molecule has 152 valence electrons. The molecule has 6 heteroatoms. The molecule has 0 saturated carbocycles. The number of imidazole rings is 1. The number of amides is 1. The Morgan fingerprint density at radius 3 is 2.83 bits per heavy atom. The average molecular weight is 393 g/mol. The van der Waals surface area contributed by atoms with Crippen molar-refractivity contribution >= 4 is 16.9 Å². The van der Waals surface area contributed by atoms with Gasteiger partial charge in [0, 0.05) is 25.6 Å². The fourth-order valence-corrected chi connectivity index (χ4v) is 3.20. The van der Waals surface area contributed by atoms with Gasteiger partial charge in [0.2, 0.25) is 5.91 Å². The van der Waals surface area contributed by atoms with Crippen LogP contribution in [0.2, 0.25) is 0 Å². The van der Waals surface area contributed by atoms with Crippen molar-refractivity contribution in [1.29, 1.82) is 0 Å². The molecule has 0 spiro atoms. The third kappa shape index (κ3) is 5.60. The van der Waals surface area contributed by atoms with Gasteiger partial charge in [0.1, 0.15) is 17.3 Å². The maximum absolute atomic E-state index is 11.3. The number of ether oxygens (including phenoxy) is 2. The minimum atomic E-state index is -0.145. The van der Waals surface area contributed by atoms with Gasteiger partial charge in [-0.3, -0.25) is 4.79 Å². The van der Waals surface area contributed by atoms with E-state index in [1.54, 1.807) is 7.11 Å². The summed E-state index contributed by atoms with van der Waals surface area (Å²) < 4.78 is 13.3. The summed E-state index contributed by atoms with van der Waals surface area (Å²) in [7, 11) is 1.65. The first-order valence-electron chi connectivity index (χ1n) is 9.82. The highest BCUT2D eigenvalue weighted by molar-refractivity contribution is 5.86. The van der Waals surface area contributed by atoms with Crippen LogP contribution in [0.1, 0.15) is 18.7 Å². The Kier molecular flexibility index (Phi) is 7.28. The van der Waals surface area contributed by atoms with Gasteiger partial charge in [-0.15, -0.1) is 0 Å². The summed E-state index contributed by atoms with van der Waals surface area (Å²) in [5, 5.41) is 2.81. The van der Waals surface area contributed by atoms with Crippen LogP contribution in [0.25, 0.3) is 11.0 Å². The molecular weight excluding hydrogens is 366 g/mol. The lowest BCUT2D eigenvalue weighted by atomic mass is 10.2. The number of fused-ring (bicyclic) bond motifs is 1. The lowest BCUT2D eigenvalue weighted by Gasteiger charge is -2.11. The molecule has 0 aliphatic carbocycles. The summed E-state index contributed by atoms with van der Waals surface area (Å²) in [5.41, 5.74) is 2.12. The molecule has 0 aliphatic rings. The topological polar surface area (TPSA) is 65.4 Å². The molecule has 0 fully saturated rings. The monoisotopic (exact) mass is 393 g/mol. The van der Waals surface area contributed by atoms with Gasteiger partial charge >= 0.3 is 0 Å². The van der Waals surface area contributed by atoms with Crippen LogP contribution >= 0.6 is 0 Å². The second-order valence-corrected chi connectivity index (χ2v) is 6.65. The Labute approximate surface area is 171 Å². The van der Waals surface area contributed by atoms with E-state index >= 15 is 0 Å². The van der Waals surface area contributed by atoms with Crippen molar-refractivity contribution in [3.05, 3.63) is 67.0 Å². The lowest BCUT2D eigenvalue weighted by Crippen LogP contribution is -2.22. The molecule has 0 unspecified atom stereocenters. The van der Waals surface area contributed by atoms with Crippen molar-refractivity contribution in [2.75, 3.05) is 20.3 Å². The summed E-state index contributed by atoms with van der Waals surface area (Å²) in [5.74, 6) is 2.47. The third-order valence-electron chi connectivity index (χ3n) is 4.63. The standard InChI is InChI=1S/C23H27N3O3/c1-3-23(27)24-14-7-13-22-25-20-11-4-5-12-21(20)26(22)15-8-16-29-19-10-6-9-18(17-19)28-2/h3-6,9-12,17H,1,7-8,13-16H2,2H3,(H,24,27). The number of carbonyl (C=O) groups is 1. The molecule has 0 atom stereocenters. The number of benzene rings is 2. The highest BCUT2D eigenvalue weighted by Crippen LogP contribution is 2.20. The van der Waals surface area contributed by atoms with Crippen molar-refractivity contribution in [3.8, 4) is 11.5 Å². The number of hydrogen-bond acceptors (Lipinski definition) is 4. The van der Waals surface area contributed by atoms with E-state index < -0.39 is 0 Å². The van der Waals surface area contributed by atoms with Crippen LogP contribution in [0.3, 0.4) is 0 Å². The summed E-state index contributed by atoms with van der Waals surface area (Å²) in [6, 6.07) is 15.8. The van der Waals surface area contributed by atoms with Gasteiger partial charge < -0.3 is 19.4 Å². The van der Waals surface area contributed by atoms with Gasteiger partial charge in [0.05, 0.1) is 24.8 Å². The fourth-order valence-electron chi connectivity index (χ4n) is 3.20. The van der Waals surface area contributed by atoms with E-state index in [-0.39, 0.29) is 5.91 Å². The van der Waals surface area contributed by atoms with E-state index in [0.717, 1.165) is 54.2 Å². The summed E-state index contributed by atoms with van der Waals surface area (Å²) in [6.45, 7) is 5.49. The number of aryl methyl sites for hydroxylation is 2. The van der Waals surface area contributed by atoms with Crippen LogP contribution in [-0.4, -0.2) is 35.7 Å². The van der Waals surface area contributed by atoms with E-state index in [9.17, 15) is 4.79 Å². The van der Waals surface area contributed by atoms with Crippen LogP contribution in [-0.2, 0) is 17.8 Å². The van der Waals surface area contributed by atoms with Gasteiger partial charge in [0.25, 0.3) is 0 Å². The van der Waals surface area contributed by atoms with Crippen LogP contribution in [0.5, 0.6) is 11.5 Å². The van der Waals surface area contributed by atoms with E-state index in [1.807, 2.05) is 42.5 Å². The van der Waals surface area contributed by atoms with Crippen molar-refractivity contribution < 1.29 is 14.3 Å². The first-order valence-corrected chi connectivity index (χ1v) is 9.82. The molecule has 0 aliphatic heterocycles. The Balaban J connectivity index is 1.59. The number of aromatic nitrogens is 2. The van der Waals surface area contributed by atoms with Gasteiger partial charge in [-0.2, -0.15) is 0 Å². The highest BCUT2D eigenvalue weighted by atomic mass is 16.5. The second kappa shape index (κ2) is 10.3. The summed E-state index contributed by atoms with van der Waals surface area (Å²) in [4.78, 5) is 16.1. The minimum absolute atomic E-state index is 0.145. The Bertz CT molecular complexity index is 965. The molecule has 6 nitrogen and oxygen atoms in total. The SMILES string of the molecule is C=CC(=O)NCCCc1nc2ccccc2n1CCCOc1cccc(OC)c1. The number of nitrogens with one attached hydrogen (secondary N) is 1. The largest absolute Gasteiger partial charge is 0.497 e. The van der Waals surface area contributed by atoms with Crippen LogP contribution in [0.15, 0.2) is 61.2 Å². The molecule has 3 rings (SSSR count). The molecule has 0 bridgehead atoms. The number of para-hydroxylation sites is 2. The van der Waals surface area contributed by atoms with E-state index in [0.29, 0.717) is 13.2 Å². The van der Waals surface area contributed by atoms with E-state index in [2.05, 4.69) is 22.5 Å². The Morgan fingerprint density at radius 1 is 1.17 bits per heavy atom. The van der Waals surface area contributed by atoms with Crippen molar-refractivity contribution in [2.24, 2.45) is 0 Å². The van der Waals surface area contributed by atoms with E-state index in [1.165, 1.54) is 6.08 Å². The molecular formula is C23H27N3O3. The van der Waals surface area contributed by atoms with Crippen molar-refractivity contribution in [3.63, 3.8) is 0 Å². The fraction of sp³-hybridized carbons (Fsp3) is 0.304. The van der Waals surface area contributed by atoms with Crippen LogP contribution in [0.4, 0.5) is 0 Å². The van der Waals surface area contributed by atoms with Gasteiger partial charge in [-0.1, -0.05) is 24.8 Å². The zero-order valence-electron chi connectivity index (χ0n) is 16.8. The molecule has 29 heavy (non-hydrogen) atoms. The third-order valence-corrected chi connectivity index (χ3v) is 4.63. The first-order chi connectivity index (χ1) is 14.2. The van der Waals surface area contributed by atoms with E-state index in [4.69, 9.17) is 14.5 Å². The number of carbonyl (C=O) groups excluding carboxylic acids is 1. The van der Waals surface area contributed by atoms with Gasteiger partial charge in [0.15, 0.2) is 0 Å². The first kappa shape index (κ1) is 20.5. The smallest absolute Gasteiger partial charge is 0.243 e. The highest BCUT2D eigenvalue weighted by Gasteiger charge is 2.10. The number of hydrogen-bond donors (Lipinski definition) is 1. The normalized spacial score (nSPS) is 10.7. The predicted molar refractivity (Wildman–Crippen MR) is 114 cm³/mol. The average Bonchev–Trinajstić information content (AvgIpc) is 3.11. The molecule has 1 heterocycles. The van der Waals surface area contributed by atoms with Crippen molar-refractivity contribution in [2.45, 2.75) is 25.8 Å². The molecule has 0 radical (unpaired) electrons. The maximum atomic E-state index is 11.3. The molecule has 3 aromatic rings. The second-order valence-electron chi connectivity index (χ2n) is 6.65. The van der Waals surface area contributed by atoms with Crippen molar-refractivity contribution in [1.82, 2.24) is 14.9 Å². The summed E-state index contributed by atoms with van der Waals surface area (Å²) in [6.07, 6.45) is 3.77. The Hall–Kier alpha value is -3.28. The molecule has 1 amide bonds. The molecule has 2 aromatic carbocycles. The zero-order chi connectivity index (χ0) is 20.5. The van der Waals surface area contributed by atoms with Gasteiger partial charge in [-0.05, 0) is 43.2 Å². The number of nitrogens with zero attached hydrogens (tertiary/aromatic N) is 2. The number of methoxy groups -OCH3 is 1. The summed E-state index contributed by atoms with van der Waals surface area (Å²) >= 11 is 0. The molecule has 1 N–H and O–H groups in total. The predicted octanol–water partition coefficient (Wildman–Crippen LogP) is 3.75. The lowest BCUT2D eigenvalue weighted by molar-refractivity contribution is -0.116. The quantitative estimate of drug-likeness (QED) is 0.398. The maximum Gasteiger partial charge on any atom is 0.243 e. The minimum Gasteiger partial charge on any atom is -0.497 e. The van der Waals surface area contributed by atoms with Crippen LogP contribution in [0, 0.1) is 0 Å². The Morgan fingerprint density at radius 2 is 2.00 bits per heavy atom. The van der Waals surface area contributed by atoms with Gasteiger partial charge in [-0.25, -0.2) is 4.98 Å². The van der Waals surface area contributed by atoms with Crippen LogP contribution < -0.4 is 14.8 Å².